The quantitative estimate of drug-likeness (QED) is 0.553. The van der Waals surface area contributed by atoms with E-state index in [2.05, 4.69) is 0 Å². The van der Waals surface area contributed by atoms with Gasteiger partial charge in [0, 0.05) is 0 Å². The minimum Gasteiger partial charge on any atom is -0.276 e. The molecule has 0 atom stereocenters. The lowest BCUT2D eigenvalue weighted by molar-refractivity contribution is -0.137. The smallest absolute Gasteiger partial charge is 0.276 e. The molecule has 0 aromatic heterocycles. The highest BCUT2D eigenvalue weighted by Gasteiger charge is 2.35. The fourth-order valence-corrected chi connectivity index (χ4v) is 1.44. The Balaban J connectivity index is 3.49. The maximum absolute atomic E-state index is 12.7. The number of halogens is 6. The molecule has 0 spiro atoms. The number of carbonyl (C=O) groups excluding carboxylic acids is 1. The summed E-state index contributed by atoms with van der Waals surface area (Å²) in [5, 5.41) is -2.14. The van der Waals surface area contributed by atoms with Gasteiger partial charge >= 0.3 is 6.18 Å². The van der Waals surface area contributed by atoms with E-state index in [1.54, 1.807) is 0 Å². The van der Waals surface area contributed by atoms with E-state index in [0.717, 1.165) is 0 Å². The molecule has 0 heterocycles. The second-order valence-corrected chi connectivity index (χ2v) is 3.31. The molecule has 0 fully saturated rings. The maximum atomic E-state index is 12.7. The predicted molar refractivity (Wildman–Crippen MR) is 46.6 cm³/mol. The van der Waals surface area contributed by atoms with Crippen LogP contribution < -0.4 is 0 Å². The summed E-state index contributed by atoms with van der Waals surface area (Å²) in [5.41, 5.74) is -2.13. The number of alkyl halides is 3. The van der Waals surface area contributed by atoms with Crippen LogP contribution in [0.3, 0.4) is 0 Å². The normalized spacial score (nSPS) is 11.6. The molecule has 0 aliphatic heterocycles. The zero-order valence-corrected chi connectivity index (χ0v) is 8.34. The number of benzene rings is 1. The topological polar surface area (TPSA) is 17.1 Å². The van der Waals surface area contributed by atoms with Crippen LogP contribution in [0.2, 0.25) is 5.02 Å². The lowest BCUT2D eigenvalue weighted by atomic mass is 10.1. The summed E-state index contributed by atoms with van der Waals surface area (Å²) < 4.78 is 49.5. The first-order chi connectivity index (χ1) is 6.73. The van der Waals surface area contributed by atoms with E-state index in [1.807, 2.05) is 0 Å². The van der Waals surface area contributed by atoms with Crippen LogP contribution in [0.25, 0.3) is 0 Å². The molecule has 0 N–H and O–H groups in total. The van der Waals surface area contributed by atoms with Gasteiger partial charge in [-0.05, 0) is 23.7 Å². The van der Waals surface area contributed by atoms with Crippen LogP contribution in [-0.2, 0) is 6.18 Å². The van der Waals surface area contributed by atoms with Gasteiger partial charge in [-0.2, -0.15) is 13.2 Å². The highest BCUT2D eigenvalue weighted by Crippen LogP contribution is 2.37. The number of hydrogen-bond acceptors (Lipinski definition) is 1. The molecule has 15 heavy (non-hydrogen) atoms. The Bertz CT molecular complexity index is 414. The second kappa shape index (κ2) is 3.98. The van der Waals surface area contributed by atoms with Crippen molar-refractivity contribution in [2.24, 2.45) is 0 Å². The van der Waals surface area contributed by atoms with E-state index in [9.17, 15) is 22.4 Å². The number of rotatable bonds is 1. The summed E-state index contributed by atoms with van der Waals surface area (Å²) in [6.07, 6.45) is -4.83. The summed E-state index contributed by atoms with van der Waals surface area (Å²) in [5.74, 6) is -1.23. The standard InChI is InChI=1S/C8H2Cl2F4O/c9-6-4(7(10)15)1-3(11)2-5(6)8(12,13)14/h1-2H. The van der Waals surface area contributed by atoms with Crippen molar-refractivity contribution in [2.45, 2.75) is 6.18 Å². The van der Waals surface area contributed by atoms with Crippen molar-refractivity contribution in [2.75, 3.05) is 0 Å². The Morgan fingerprint density at radius 2 is 1.80 bits per heavy atom. The minimum absolute atomic E-state index is 0.200. The molecule has 7 heteroatoms. The molecule has 82 valence electrons. The van der Waals surface area contributed by atoms with Crippen LogP contribution in [0, 0.1) is 5.82 Å². The Labute approximate surface area is 91.6 Å². The van der Waals surface area contributed by atoms with Gasteiger partial charge in [-0.1, -0.05) is 11.6 Å². The number of carbonyl (C=O) groups is 1. The van der Waals surface area contributed by atoms with Crippen molar-refractivity contribution in [1.82, 2.24) is 0 Å². The largest absolute Gasteiger partial charge is 0.417 e. The van der Waals surface area contributed by atoms with Gasteiger partial charge in [0.25, 0.3) is 5.24 Å². The van der Waals surface area contributed by atoms with Crippen molar-refractivity contribution in [1.29, 1.82) is 0 Å². The molecular formula is C8H2Cl2F4O. The van der Waals surface area contributed by atoms with Crippen molar-refractivity contribution in [3.05, 3.63) is 34.1 Å². The molecule has 0 aliphatic rings. The zero-order chi connectivity index (χ0) is 11.8. The third kappa shape index (κ3) is 2.60. The molecule has 0 amide bonds. The van der Waals surface area contributed by atoms with Gasteiger partial charge in [-0.15, -0.1) is 0 Å². The summed E-state index contributed by atoms with van der Waals surface area (Å²) in [4.78, 5) is 10.6. The first kappa shape index (κ1) is 12.3. The summed E-state index contributed by atoms with van der Waals surface area (Å²) >= 11 is 10.2. The molecule has 0 saturated heterocycles. The molecule has 0 aliphatic carbocycles. The SMILES string of the molecule is O=C(Cl)c1cc(F)cc(C(F)(F)F)c1Cl. The molecule has 0 unspecified atom stereocenters. The highest BCUT2D eigenvalue weighted by atomic mass is 35.5. The van der Waals surface area contributed by atoms with Crippen LogP contribution in [0.1, 0.15) is 15.9 Å². The molecule has 1 aromatic rings. The lowest BCUT2D eigenvalue weighted by Crippen LogP contribution is -2.09. The third-order valence-corrected chi connectivity index (χ3v) is 2.17. The lowest BCUT2D eigenvalue weighted by Gasteiger charge is -2.10. The van der Waals surface area contributed by atoms with E-state index < -0.39 is 33.4 Å². The monoisotopic (exact) mass is 260 g/mol. The van der Waals surface area contributed by atoms with Gasteiger partial charge in [0.2, 0.25) is 0 Å². The first-order valence-electron chi connectivity index (χ1n) is 3.49. The van der Waals surface area contributed by atoms with E-state index in [-0.39, 0.29) is 6.07 Å². The predicted octanol–water partition coefficient (Wildman–Crippen LogP) is 3.88. The summed E-state index contributed by atoms with van der Waals surface area (Å²) in [6, 6.07) is 0.749. The molecule has 0 saturated carbocycles. The fraction of sp³-hybridized carbons (Fsp3) is 0.125. The number of hydrogen-bond donors (Lipinski definition) is 0. The Morgan fingerprint density at radius 1 is 1.27 bits per heavy atom. The van der Waals surface area contributed by atoms with Crippen LogP contribution in [0.4, 0.5) is 17.6 Å². The third-order valence-electron chi connectivity index (χ3n) is 1.55. The van der Waals surface area contributed by atoms with Gasteiger partial charge < -0.3 is 0 Å². The molecule has 0 bridgehead atoms. The molecule has 1 aromatic carbocycles. The first-order valence-corrected chi connectivity index (χ1v) is 4.25. The van der Waals surface area contributed by atoms with Crippen molar-refractivity contribution < 1.29 is 22.4 Å². The minimum atomic E-state index is -4.83. The van der Waals surface area contributed by atoms with Gasteiger partial charge in [-0.3, -0.25) is 4.79 Å². The Morgan fingerprint density at radius 3 is 2.20 bits per heavy atom. The van der Waals surface area contributed by atoms with E-state index in [4.69, 9.17) is 23.2 Å². The Kier molecular flexibility index (Phi) is 3.25. The average Bonchev–Trinajstić information content (AvgIpc) is 2.06. The van der Waals surface area contributed by atoms with E-state index in [1.165, 1.54) is 0 Å². The maximum Gasteiger partial charge on any atom is 0.417 e. The van der Waals surface area contributed by atoms with Crippen LogP contribution >= 0.6 is 23.2 Å². The zero-order valence-electron chi connectivity index (χ0n) is 6.83. The van der Waals surface area contributed by atoms with Crippen LogP contribution in [0.5, 0.6) is 0 Å². The van der Waals surface area contributed by atoms with Gasteiger partial charge in [-0.25, -0.2) is 4.39 Å². The van der Waals surface area contributed by atoms with Gasteiger partial charge in [0.1, 0.15) is 5.82 Å². The van der Waals surface area contributed by atoms with Crippen LogP contribution in [-0.4, -0.2) is 5.24 Å². The molecule has 1 nitrogen and oxygen atoms in total. The van der Waals surface area contributed by atoms with Crippen molar-refractivity contribution >= 4 is 28.4 Å². The molecular weight excluding hydrogens is 259 g/mol. The summed E-state index contributed by atoms with van der Waals surface area (Å²) in [6.45, 7) is 0. The van der Waals surface area contributed by atoms with Gasteiger partial charge in [0.05, 0.1) is 16.1 Å². The Hall–Kier alpha value is -0.810. The van der Waals surface area contributed by atoms with Crippen molar-refractivity contribution in [3.8, 4) is 0 Å². The van der Waals surface area contributed by atoms with Gasteiger partial charge in [0.15, 0.2) is 0 Å². The van der Waals surface area contributed by atoms with E-state index in [0.29, 0.717) is 6.07 Å². The van der Waals surface area contributed by atoms with Crippen molar-refractivity contribution in [3.63, 3.8) is 0 Å². The fourth-order valence-electron chi connectivity index (χ4n) is 0.939. The molecule has 0 radical (unpaired) electrons. The molecule has 1 rings (SSSR count). The summed E-state index contributed by atoms with van der Waals surface area (Å²) in [7, 11) is 0. The van der Waals surface area contributed by atoms with Crippen LogP contribution in [0.15, 0.2) is 12.1 Å². The second-order valence-electron chi connectivity index (χ2n) is 2.59. The van der Waals surface area contributed by atoms with E-state index >= 15 is 0 Å². The average molecular weight is 261 g/mol. The highest BCUT2D eigenvalue weighted by molar-refractivity contribution is 6.68.